The molecule has 0 aliphatic carbocycles. The highest BCUT2D eigenvalue weighted by atomic mass is 16.7. The first-order valence-electron chi connectivity index (χ1n) is 26.3. The Balaban J connectivity index is 2.30. The number of hydrogen-bond acceptors (Lipinski definition) is 9. The van der Waals surface area contributed by atoms with Gasteiger partial charge in [-0.15, -0.1) is 0 Å². The van der Waals surface area contributed by atoms with E-state index in [4.69, 9.17) is 9.47 Å². The van der Waals surface area contributed by atoms with Crippen LogP contribution in [-0.4, -0.2) is 98.7 Å². The lowest BCUT2D eigenvalue weighted by atomic mass is 9.99. The standard InChI is InChI=1S/C53H99NO9/c1-3-5-7-9-11-13-15-17-19-20-21-22-23-24-25-26-27-28-30-32-34-36-38-40-42-47(57)52(61)54-45(44-62-53-51(60)50(59)49(58)48(43-55)63-53)46(56)41-39-37-35-33-31-29-18-16-14-12-10-8-6-4-2/h14,16,31,33,39,41,45-51,53,55-60H,3-13,15,17-30,32,34-38,40,42-44H2,1-2H3,(H,54,61)/b16-14+,33-31+,41-39+. The minimum Gasteiger partial charge on any atom is -0.394 e. The number of carbonyl (C=O) groups excluding carboxylic acids is 1. The summed E-state index contributed by atoms with van der Waals surface area (Å²) in [5.74, 6) is -0.628. The van der Waals surface area contributed by atoms with Crippen LogP contribution in [0.1, 0.15) is 232 Å². The number of ether oxygens (including phenoxy) is 2. The number of amides is 1. The molecule has 1 saturated heterocycles. The van der Waals surface area contributed by atoms with Gasteiger partial charge >= 0.3 is 0 Å². The summed E-state index contributed by atoms with van der Waals surface area (Å²) in [4.78, 5) is 13.1. The van der Waals surface area contributed by atoms with Gasteiger partial charge < -0.3 is 45.4 Å². The molecule has 8 atom stereocenters. The van der Waals surface area contributed by atoms with Crippen LogP contribution in [0.4, 0.5) is 0 Å². The van der Waals surface area contributed by atoms with E-state index in [1.54, 1.807) is 6.08 Å². The average Bonchev–Trinajstić information content (AvgIpc) is 3.28. The van der Waals surface area contributed by atoms with Crippen molar-refractivity contribution in [3.05, 3.63) is 36.5 Å². The molecule has 8 unspecified atom stereocenters. The molecule has 0 aromatic heterocycles. The normalized spacial score (nSPS) is 20.9. The summed E-state index contributed by atoms with van der Waals surface area (Å²) >= 11 is 0. The zero-order chi connectivity index (χ0) is 46.0. The molecule has 1 rings (SSSR count). The van der Waals surface area contributed by atoms with Crippen molar-refractivity contribution in [3.8, 4) is 0 Å². The number of rotatable bonds is 44. The van der Waals surface area contributed by atoms with Crippen molar-refractivity contribution in [2.75, 3.05) is 13.2 Å². The van der Waals surface area contributed by atoms with Gasteiger partial charge in [0.25, 0.3) is 0 Å². The van der Waals surface area contributed by atoms with Gasteiger partial charge in [-0.3, -0.25) is 4.79 Å². The Morgan fingerprint density at radius 2 is 0.937 bits per heavy atom. The summed E-state index contributed by atoms with van der Waals surface area (Å²) in [7, 11) is 0. The van der Waals surface area contributed by atoms with Crippen LogP contribution in [0.25, 0.3) is 0 Å². The van der Waals surface area contributed by atoms with Crippen LogP contribution in [0.5, 0.6) is 0 Å². The fourth-order valence-electron chi connectivity index (χ4n) is 8.25. The summed E-state index contributed by atoms with van der Waals surface area (Å²) in [5, 5.41) is 64.8. The zero-order valence-corrected chi connectivity index (χ0v) is 40.4. The van der Waals surface area contributed by atoms with Gasteiger partial charge in [0.1, 0.15) is 30.5 Å². The van der Waals surface area contributed by atoms with Crippen LogP contribution in [0.2, 0.25) is 0 Å². The van der Waals surface area contributed by atoms with Crippen molar-refractivity contribution in [3.63, 3.8) is 0 Å². The van der Waals surface area contributed by atoms with E-state index in [1.165, 1.54) is 154 Å². The number of unbranched alkanes of at least 4 members (excludes halogenated alkanes) is 29. The second-order valence-electron chi connectivity index (χ2n) is 18.4. The second-order valence-corrected chi connectivity index (χ2v) is 18.4. The molecule has 370 valence electrons. The molecule has 0 bridgehead atoms. The van der Waals surface area contributed by atoms with E-state index in [1.807, 2.05) is 6.08 Å². The summed E-state index contributed by atoms with van der Waals surface area (Å²) in [6, 6.07) is -1.00. The van der Waals surface area contributed by atoms with Crippen molar-refractivity contribution in [2.24, 2.45) is 0 Å². The second kappa shape index (κ2) is 43.0. The lowest BCUT2D eigenvalue weighted by Crippen LogP contribution is -2.60. The van der Waals surface area contributed by atoms with Gasteiger partial charge in [-0.2, -0.15) is 0 Å². The van der Waals surface area contributed by atoms with Gasteiger partial charge in [0.2, 0.25) is 5.91 Å². The Morgan fingerprint density at radius 3 is 1.38 bits per heavy atom. The lowest BCUT2D eigenvalue weighted by molar-refractivity contribution is -0.302. The first-order valence-corrected chi connectivity index (χ1v) is 26.3. The average molecular weight is 894 g/mol. The number of allylic oxidation sites excluding steroid dienone is 5. The highest BCUT2D eigenvalue weighted by Crippen LogP contribution is 2.23. The summed E-state index contributed by atoms with van der Waals surface area (Å²) in [6.07, 6.45) is 43.9. The maximum Gasteiger partial charge on any atom is 0.249 e. The van der Waals surface area contributed by atoms with Gasteiger partial charge in [-0.25, -0.2) is 0 Å². The molecular formula is C53H99NO9. The molecule has 0 aromatic carbocycles. The van der Waals surface area contributed by atoms with Gasteiger partial charge in [0, 0.05) is 0 Å². The Morgan fingerprint density at radius 1 is 0.540 bits per heavy atom. The molecule has 63 heavy (non-hydrogen) atoms. The zero-order valence-electron chi connectivity index (χ0n) is 40.4. The molecule has 1 aliphatic rings. The van der Waals surface area contributed by atoms with Crippen molar-refractivity contribution < 1.29 is 44.9 Å². The van der Waals surface area contributed by atoms with Crippen molar-refractivity contribution >= 4 is 5.91 Å². The van der Waals surface area contributed by atoms with Gasteiger partial charge in [-0.1, -0.05) is 224 Å². The molecule has 7 N–H and O–H groups in total. The third-order valence-corrected chi connectivity index (χ3v) is 12.6. The van der Waals surface area contributed by atoms with Crippen LogP contribution in [0.15, 0.2) is 36.5 Å². The highest BCUT2D eigenvalue weighted by molar-refractivity contribution is 5.80. The van der Waals surface area contributed by atoms with Gasteiger partial charge in [0.05, 0.1) is 25.4 Å². The van der Waals surface area contributed by atoms with E-state index in [2.05, 4.69) is 43.5 Å². The summed E-state index contributed by atoms with van der Waals surface area (Å²) in [6.45, 7) is 3.58. The summed E-state index contributed by atoms with van der Waals surface area (Å²) in [5.41, 5.74) is 0. The van der Waals surface area contributed by atoms with E-state index in [0.29, 0.717) is 19.3 Å². The number of nitrogens with one attached hydrogen (secondary N) is 1. The fourth-order valence-corrected chi connectivity index (χ4v) is 8.25. The predicted octanol–water partition coefficient (Wildman–Crippen LogP) is 11.0. The van der Waals surface area contributed by atoms with Gasteiger partial charge in [-0.05, 0) is 44.9 Å². The molecule has 0 spiro atoms. The van der Waals surface area contributed by atoms with Crippen LogP contribution < -0.4 is 5.32 Å². The van der Waals surface area contributed by atoms with Crippen molar-refractivity contribution in [1.82, 2.24) is 5.32 Å². The smallest absolute Gasteiger partial charge is 0.249 e. The molecule has 10 heteroatoms. The Hall–Kier alpha value is -1.63. The Labute approximate surface area is 385 Å². The van der Waals surface area contributed by atoms with Crippen LogP contribution >= 0.6 is 0 Å². The Bertz CT molecular complexity index is 1100. The van der Waals surface area contributed by atoms with Gasteiger partial charge in [0.15, 0.2) is 6.29 Å². The van der Waals surface area contributed by atoms with Crippen LogP contribution in [0, 0.1) is 0 Å². The highest BCUT2D eigenvalue weighted by Gasteiger charge is 2.44. The Kier molecular flexibility index (Phi) is 40.5. The largest absolute Gasteiger partial charge is 0.394 e. The first kappa shape index (κ1) is 59.4. The third kappa shape index (κ3) is 32.7. The quantitative estimate of drug-likeness (QED) is 0.0232. The number of carbonyl (C=O) groups is 1. The van der Waals surface area contributed by atoms with Crippen molar-refractivity contribution in [1.29, 1.82) is 0 Å². The molecule has 1 amide bonds. The maximum atomic E-state index is 13.1. The molecular weight excluding hydrogens is 795 g/mol. The lowest BCUT2D eigenvalue weighted by Gasteiger charge is -2.40. The molecule has 0 saturated carbocycles. The fraction of sp³-hybridized carbons (Fsp3) is 0.868. The maximum absolute atomic E-state index is 13.1. The molecule has 0 aromatic rings. The minimum atomic E-state index is -1.62. The molecule has 1 aliphatic heterocycles. The molecule has 10 nitrogen and oxygen atoms in total. The van der Waals surface area contributed by atoms with E-state index < -0.39 is 61.5 Å². The van der Waals surface area contributed by atoms with Crippen LogP contribution in [0.3, 0.4) is 0 Å². The minimum absolute atomic E-state index is 0.304. The topological polar surface area (TPSA) is 169 Å². The SMILES string of the molecule is CCCCCC/C=C/CC/C=C/CC/C=C/C(O)C(COC1OC(CO)C(O)C(O)C1O)NC(=O)C(O)CCCCCCCCCCCCCCCCCCCCCCCCCC. The van der Waals surface area contributed by atoms with E-state index >= 15 is 0 Å². The first-order chi connectivity index (χ1) is 30.8. The number of aliphatic hydroxyl groups excluding tert-OH is 6. The van der Waals surface area contributed by atoms with E-state index in [-0.39, 0.29) is 6.61 Å². The monoisotopic (exact) mass is 894 g/mol. The predicted molar refractivity (Wildman–Crippen MR) is 259 cm³/mol. The number of aliphatic hydroxyl groups is 6. The molecule has 0 radical (unpaired) electrons. The van der Waals surface area contributed by atoms with E-state index in [0.717, 1.165) is 44.9 Å². The third-order valence-electron chi connectivity index (χ3n) is 12.6. The van der Waals surface area contributed by atoms with Crippen LogP contribution in [-0.2, 0) is 14.3 Å². The van der Waals surface area contributed by atoms with Crippen molar-refractivity contribution in [2.45, 2.75) is 281 Å². The van der Waals surface area contributed by atoms with E-state index in [9.17, 15) is 35.4 Å². The number of hydrogen-bond donors (Lipinski definition) is 7. The summed E-state index contributed by atoms with van der Waals surface area (Å²) < 4.78 is 11.1. The molecule has 1 heterocycles. The molecule has 1 fully saturated rings.